The normalized spacial score (nSPS) is 19.9. The number of hydrogen-bond donors (Lipinski definition) is 1. The van der Waals surface area contributed by atoms with Crippen molar-refractivity contribution in [1.82, 2.24) is 5.32 Å². The Bertz CT molecular complexity index is 311. The van der Waals surface area contributed by atoms with Crippen molar-refractivity contribution in [2.24, 2.45) is 5.92 Å². The molecule has 1 N–H and O–H groups in total. The fourth-order valence-electron chi connectivity index (χ4n) is 1.99. The second kappa shape index (κ2) is 6.77. The molecule has 0 saturated carbocycles. The van der Waals surface area contributed by atoms with E-state index in [0.29, 0.717) is 5.92 Å². The number of benzene rings is 1. The summed E-state index contributed by atoms with van der Waals surface area (Å²) in [7, 11) is 0. The zero-order valence-electron chi connectivity index (χ0n) is 9.74. The van der Waals surface area contributed by atoms with E-state index < -0.39 is 0 Å². The summed E-state index contributed by atoms with van der Waals surface area (Å²) in [4.78, 5) is 0. The fourth-order valence-corrected chi connectivity index (χ4v) is 1.99. The summed E-state index contributed by atoms with van der Waals surface area (Å²) in [6.07, 6.45) is 2.57. The summed E-state index contributed by atoms with van der Waals surface area (Å²) < 4.78 is 5.84. The van der Waals surface area contributed by atoms with Crippen molar-refractivity contribution < 1.29 is 4.74 Å². The van der Waals surface area contributed by atoms with Crippen LogP contribution in [0.5, 0.6) is 5.75 Å². The van der Waals surface area contributed by atoms with Crippen molar-refractivity contribution in [1.29, 1.82) is 0 Å². The second-order valence-corrected chi connectivity index (χ2v) is 4.29. The molecule has 3 heteroatoms. The predicted octanol–water partition coefficient (Wildman–Crippen LogP) is 2.80. The minimum Gasteiger partial charge on any atom is -0.493 e. The van der Waals surface area contributed by atoms with Gasteiger partial charge in [0, 0.05) is 12.5 Å². The Hall–Kier alpha value is -0.730. The summed E-state index contributed by atoms with van der Waals surface area (Å²) in [5.74, 6) is 1.71. The van der Waals surface area contributed by atoms with Crippen LogP contribution in [-0.4, -0.2) is 19.7 Å². The van der Waals surface area contributed by atoms with Gasteiger partial charge in [-0.25, -0.2) is 0 Å². The van der Waals surface area contributed by atoms with Gasteiger partial charge in [0.15, 0.2) is 0 Å². The number of nitrogens with one attached hydrogen (secondary N) is 1. The molecule has 1 heterocycles. The monoisotopic (exact) mass is 241 g/mol. The quantitative estimate of drug-likeness (QED) is 0.879. The third-order valence-corrected chi connectivity index (χ3v) is 2.97. The molecule has 1 aliphatic heterocycles. The Morgan fingerprint density at radius 3 is 2.88 bits per heavy atom. The van der Waals surface area contributed by atoms with Crippen LogP contribution < -0.4 is 10.1 Å². The number of hydrogen-bond acceptors (Lipinski definition) is 2. The highest BCUT2D eigenvalue weighted by Crippen LogP contribution is 2.18. The average molecular weight is 242 g/mol. The molecule has 1 atom stereocenters. The SMILES string of the molecule is Cc1ccccc1OCC1CCCNC1.Cl. The van der Waals surface area contributed by atoms with E-state index in [2.05, 4.69) is 18.3 Å². The Morgan fingerprint density at radius 1 is 1.38 bits per heavy atom. The summed E-state index contributed by atoms with van der Waals surface area (Å²) in [5, 5.41) is 3.41. The lowest BCUT2D eigenvalue weighted by atomic mass is 10.0. The van der Waals surface area contributed by atoms with Gasteiger partial charge in [-0.2, -0.15) is 0 Å². The van der Waals surface area contributed by atoms with Crippen molar-refractivity contribution in [2.45, 2.75) is 19.8 Å². The lowest BCUT2D eigenvalue weighted by Crippen LogP contribution is -2.33. The molecule has 1 unspecified atom stereocenters. The molecule has 2 nitrogen and oxygen atoms in total. The molecule has 90 valence electrons. The molecule has 1 aromatic rings. The van der Waals surface area contributed by atoms with E-state index in [-0.39, 0.29) is 12.4 Å². The molecule has 0 radical (unpaired) electrons. The first-order chi connectivity index (χ1) is 7.36. The van der Waals surface area contributed by atoms with E-state index in [1.54, 1.807) is 0 Å². The van der Waals surface area contributed by atoms with Crippen LogP contribution in [0.3, 0.4) is 0 Å². The number of halogens is 1. The van der Waals surface area contributed by atoms with Gasteiger partial charge in [-0.3, -0.25) is 0 Å². The predicted molar refractivity (Wildman–Crippen MR) is 69.5 cm³/mol. The molecule has 2 rings (SSSR count). The number of piperidine rings is 1. The molecule has 0 bridgehead atoms. The van der Waals surface area contributed by atoms with Crippen LogP contribution in [0, 0.1) is 12.8 Å². The third kappa shape index (κ3) is 3.69. The maximum atomic E-state index is 5.84. The van der Waals surface area contributed by atoms with E-state index in [9.17, 15) is 0 Å². The van der Waals surface area contributed by atoms with Crippen molar-refractivity contribution in [3.63, 3.8) is 0 Å². The Balaban J connectivity index is 0.00000128. The lowest BCUT2D eigenvalue weighted by molar-refractivity contribution is 0.217. The van der Waals surface area contributed by atoms with Gasteiger partial charge in [0.2, 0.25) is 0 Å². The molecule has 1 fully saturated rings. The minimum absolute atomic E-state index is 0. The topological polar surface area (TPSA) is 21.3 Å². The van der Waals surface area contributed by atoms with E-state index in [0.717, 1.165) is 18.9 Å². The number of para-hydroxylation sites is 1. The van der Waals surface area contributed by atoms with Gasteiger partial charge in [0.25, 0.3) is 0 Å². The Labute approximate surface area is 104 Å². The van der Waals surface area contributed by atoms with Crippen molar-refractivity contribution in [3.05, 3.63) is 29.8 Å². The van der Waals surface area contributed by atoms with Gasteiger partial charge in [0.05, 0.1) is 6.61 Å². The van der Waals surface area contributed by atoms with Crippen LogP contribution in [0.4, 0.5) is 0 Å². The summed E-state index contributed by atoms with van der Waals surface area (Å²) in [6.45, 7) is 5.21. The Morgan fingerprint density at radius 2 is 2.19 bits per heavy atom. The molecule has 1 saturated heterocycles. The zero-order valence-corrected chi connectivity index (χ0v) is 10.6. The van der Waals surface area contributed by atoms with E-state index in [1.807, 2.05) is 18.2 Å². The van der Waals surface area contributed by atoms with Gasteiger partial charge in [-0.05, 0) is 37.9 Å². The van der Waals surface area contributed by atoms with Crippen LogP contribution in [-0.2, 0) is 0 Å². The first kappa shape index (κ1) is 13.3. The van der Waals surface area contributed by atoms with E-state index in [4.69, 9.17) is 4.74 Å². The molecule has 1 aliphatic rings. The molecule has 1 aromatic carbocycles. The smallest absolute Gasteiger partial charge is 0.122 e. The third-order valence-electron chi connectivity index (χ3n) is 2.97. The van der Waals surface area contributed by atoms with Crippen LogP contribution in [0.15, 0.2) is 24.3 Å². The zero-order chi connectivity index (χ0) is 10.5. The number of rotatable bonds is 3. The average Bonchev–Trinajstić information content (AvgIpc) is 2.29. The molecule has 16 heavy (non-hydrogen) atoms. The molecular weight excluding hydrogens is 222 g/mol. The molecule has 0 aromatic heterocycles. The van der Waals surface area contributed by atoms with Gasteiger partial charge in [-0.15, -0.1) is 12.4 Å². The standard InChI is InChI=1S/C13H19NO.ClH/c1-11-5-2-3-7-13(11)15-10-12-6-4-8-14-9-12;/h2-3,5,7,12,14H,4,6,8-10H2,1H3;1H. The number of aryl methyl sites for hydroxylation is 1. The summed E-state index contributed by atoms with van der Waals surface area (Å²) >= 11 is 0. The molecule has 0 aliphatic carbocycles. The van der Waals surface area contributed by atoms with Gasteiger partial charge in [-0.1, -0.05) is 18.2 Å². The molecular formula is C13H20ClNO. The van der Waals surface area contributed by atoms with Gasteiger partial charge >= 0.3 is 0 Å². The Kier molecular flexibility index (Phi) is 5.64. The second-order valence-electron chi connectivity index (χ2n) is 4.29. The summed E-state index contributed by atoms with van der Waals surface area (Å²) in [6, 6.07) is 8.21. The first-order valence-corrected chi connectivity index (χ1v) is 5.75. The van der Waals surface area contributed by atoms with E-state index in [1.165, 1.54) is 24.9 Å². The highest BCUT2D eigenvalue weighted by molar-refractivity contribution is 5.85. The largest absolute Gasteiger partial charge is 0.493 e. The number of ether oxygens (including phenoxy) is 1. The maximum absolute atomic E-state index is 5.84. The van der Waals surface area contributed by atoms with Crippen molar-refractivity contribution in [3.8, 4) is 5.75 Å². The van der Waals surface area contributed by atoms with Gasteiger partial charge < -0.3 is 10.1 Å². The highest BCUT2D eigenvalue weighted by Gasteiger charge is 2.13. The molecule has 0 amide bonds. The van der Waals surface area contributed by atoms with E-state index >= 15 is 0 Å². The fraction of sp³-hybridized carbons (Fsp3) is 0.538. The van der Waals surface area contributed by atoms with Crippen LogP contribution in [0.2, 0.25) is 0 Å². The van der Waals surface area contributed by atoms with Crippen molar-refractivity contribution >= 4 is 12.4 Å². The highest BCUT2D eigenvalue weighted by atomic mass is 35.5. The maximum Gasteiger partial charge on any atom is 0.122 e. The minimum atomic E-state index is 0. The molecule has 0 spiro atoms. The van der Waals surface area contributed by atoms with Crippen LogP contribution in [0.1, 0.15) is 18.4 Å². The van der Waals surface area contributed by atoms with Crippen LogP contribution in [0.25, 0.3) is 0 Å². The lowest BCUT2D eigenvalue weighted by Gasteiger charge is -2.23. The van der Waals surface area contributed by atoms with Crippen LogP contribution >= 0.6 is 12.4 Å². The van der Waals surface area contributed by atoms with Crippen molar-refractivity contribution in [2.75, 3.05) is 19.7 Å². The first-order valence-electron chi connectivity index (χ1n) is 5.75. The van der Waals surface area contributed by atoms with Gasteiger partial charge in [0.1, 0.15) is 5.75 Å². The summed E-state index contributed by atoms with van der Waals surface area (Å²) in [5.41, 5.74) is 1.22.